The first-order valence-corrected chi connectivity index (χ1v) is 9.01. The molecule has 3 aromatic carbocycles. The largest absolute Gasteiger partial charge is 0.496 e. The Kier molecular flexibility index (Phi) is 3.91. The smallest absolute Gasteiger partial charge is 0.338 e. The van der Waals surface area contributed by atoms with E-state index < -0.39 is 0 Å². The first kappa shape index (κ1) is 17.5. The number of carbonyl (C=O) groups excluding carboxylic acids is 1. The van der Waals surface area contributed by atoms with Crippen molar-refractivity contribution in [2.75, 3.05) is 28.1 Å². The van der Waals surface area contributed by atoms with Gasteiger partial charge in [-0.05, 0) is 35.0 Å². The Morgan fingerprint density at radius 2 is 1.45 bits per heavy atom. The lowest BCUT2D eigenvalue weighted by Crippen LogP contribution is -1.98. The van der Waals surface area contributed by atoms with Gasteiger partial charge in [0.25, 0.3) is 0 Å². The normalized spacial score (nSPS) is 14.0. The number of ether oxygens (including phenoxy) is 6. The number of methoxy groups -OCH3 is 3. The average molecular weight is 394 g/mol. The zero-order valence-electron chi connectivity index (χ0n) is 16.2. The van der Waals surface area contributed by atoms with Crippen LogP contribution >= 0.6 is 0 Å². The molecule has 0 bridgehead atoms. The van der Waals surface area contributed by atoms with E-state index in [1.54, 1.807) is 27.4 Å². The molecule has 7 nitrogen and oxygen atoms in total. The number of benzene rings is 3. The van der Waals surface area contributed by atoms with Crippen molar-refractivity contribution in [3.05, 3.63) is 41.5 Å². The molecule has 0 spiro atoms. The summed E-state index contributed by atoms with van der Waals surface area (Å²) in [6.45, 7) is 0.341. The highest BCUT2D eigenvalue weighted by atomic mass is 16.7. The summed E-state index contributed by atoms with van der Waals surface area (Å²) in [6, 6.07) is 9.24. The maximum atomic E-state index is 12.4. The third-order valence-corrected chi connectivity index (χ3v) is 5.28. The van der Waals surface area contributed by atoms with Gasteiger partial charge in [-0.3, -0.25) is 0 Å². The monoisotopic (exact) mass is 394 g/mol. The molecule has 7 heteroatoms. The predicted molar refractivity (Wildman–Crippen MR) is 104 cm³/mol. The Labute approximate surface area is 166 Å². The number of cyclic esters (lactones) is 1. The Hall–Kier alpha value is -3.61. The minimum absolute atomic E-state index is 0.155. The Morgan fingerprint density at radius 1 is 0.759 bits per heavy atom. The fraction of sp³-hybridized carbons (Fsp3) is 0.227. The van der Waals surface area contributed by atoms with Gasteiger partial charge in [0.1, 0.15) is 12.4 Å². The van der Waals surface area contributed by atoms with Crippen LogP contribution in [0.3, 0.4) is 0 Å². The highest BCUT2D eigenvalue weighted by molar-refractivity contribution is 6.08. The van der Waals surface area contributed by atoms with Crippen molar-refractivity contribution < 1.29 is 33.2 Å². The third-order valence-electron chi connectivity index (χ3n) is 5.28. The topological polar surface area (TPSA) is 72.5 Å². The van der Waals surface area contributed by atoms with Gasteiger partial charge in [0.2, 0.25) is 6.79 Å². The van der Waals surface area contributed by atoms with E-state index in [-0.39, 0.29) is 19.4 Å². The summed E-state index contributed by atoms with van der Waals surface area (Å²) in [5.74, 6) is 2.67. The minimum Gasteiger partial charge on any atom is -0.496 e. The lowest BCUT2D eigenvalue weighted by Gasteiger charge is -2.17. The molecular weight excluding hydrogens is 376 g/mol. The van der Waals surface area contributed by atoms with Gasteiger partial charge in [-0.15, -0.1) is 0 Å². The Morgan fingerprint density at radius 3 is 2.17 bits per heavy atom. The van der Waals surface area contributed by atoms with Gasteiger partial charge >= 0.3 is 5.97 Å². The molecule has 0 aliphatic carbocycles. The SMILES string of the molecule is COc1cc2cc3c(c(-c4cc5c(cc4OC)OCO5)c2cc1OC)COC3=O. The molecule has 148 valence electrons. The summed E-state index contributed by atoms with van der Waals surface area (Å²) in [4.78, 5) is 12.4. The molecule has 0 saturated heterocycles. The van der Waals surface area contributed by atoms with Gasteiger partial charge in [0, 0.05) is 22.8 Å². The van der Waals surface area contributed by atoms with Gasteiger partial charge < -0.3 is 28.4 Å². The molecule has 5 rings (SSSR count). The first-order valence-electron chi connectivity index (χ1n) is 9.01. The molecule has 2 heterocycles. The molecular formula is C22H18O7. The number of rotatable bonds is 4. The molecule has 0 radical (unpaired) electrons. The zero-order valence-corrected chi connectivity index (χ0v) is 16.2. The van der Waals surface area contributed by atoms with Crippen LogP contribution in [-0.4, -0.2) is 34.1 Å². The molecule has 2 aliphatic rings. The van der Waals surface area contributed by atoms with Crippen LogP contribution in [0.4, 0.5) is 0 Å². The summed E-state index contributed by atoms with van der Waals surface area (Å²) < 4.78 is 33.0. The van der Waals surface area contributed by atoms with Gasteiger partial charge in [0.15, 0.2) is 23.0 Å². The van der Waals surface area contributed by atoms with Crippen molar-refractivity contribution in [1.82, 2.24) is 0 Å². The molecule has 0 amide bonds. The van der Waals surface area contributed by atoms with Gasteiger partial charge in [-0.25, -0.2) is 4.79 Å². The van der Waals surface area contributed by atoms with Gasteiger partial charge in [-0.1, -0.05) is 0 Å². The number of hydrogen-bond acceptors (Lipinski definition) is 7. The third kappa shape index (κ3) is 2.54. The molecule has 0 aromatic heterocycles. The second kappa shape index (κ2) is 6.48. The van der Waals surface area contributed by atoms with Crippen molar-refractivity contribution >= 4 is 16.7 Å². The predicted octanol–water partition coefficient (Wildman–Crippen LogP) is 3.93. The zero-order chi connectivity index (χ0) is 20.1. The van der Waals surface area contributed by atoms with E-state index in [0.29, 0.717) is 34.3 Å². The fourth-order valence-electron chi connectivity index (χ4n) is 3.91. The molecule has 0 N–H and O–H groups in total. The minimum atomic E-state index is -0.349. The van der Waals surface area contributed by atoms with E-state index in [1.165, 1.54) is 0 Å². The van der Waals surface area contributed by atoms with Crippen LogP contribution in [0.2, 0.25) is 0 Å². The lowest BCUT2D eigenvalue weighted by atomic mass is 9.89. The fourth-order valence-corrected chi connectivity index (χ4v) is 3.91. The Bertz CT molecular complexity index is 1170. The molecule has 0 atom stereocenters. The molecule has 3 aromatic rings. The number of hydrogen-bond donors (Lipinski definition) is 0. The van der Waals surface area contributed by atoms with Crippen molar-refractivity contribution in [3.63, 3.8) is 0 Å². The van der Waals surface area contributed by atoms with Crippen LogP contribution < -0.4 is 23.7 Å². The van der Waals surface area contributed by atoms with Crippen LogP contribution in [0.5, 0.6) is 28.7 Å². The van der Waals surface area contributed by atoms with Crippen LogP contribution in [0.1, 0.15) is 15.9 Å². The van der Waals surface area contributed by atoms with Crippen LogP contribution in [0.15, 0.2) is 30.3 Å². The summed E-state index contributed by atoms with van der Waals surface area (Å²) in [7, 11) is 4.76. The highest BCUT2D eigenvalue weighted by Gasteiger charge is 2.30. The highest BCUT2D eigenvalue weighted by Crippen LogP contribution is 2.48. The number of fused-ring (bicyclic) bond motifs is 3. The summed E-state index contributed by atoms with van der Waals surface area (Å²) in [5, 5.41) is 1.71. The maximum Gasteiger partial charge on any atom is 0.338 e. The van der Waals surface area contributed by atoms with Crippen molar-refractivity contribution in [2.45, 2.75) is 6.61 Å². The van der Waals surface area contributed by atoms with Crippen LogP contribution in [0, 0.1) is 0 Å². The second-order valence-corrected chi connectivity index (χ2v) is 6.69. The summed E-state index contributed by atoms with van der Waals surface area (Å²) >= 11 is 0. The molecule has 2 aliphatic heterocycles. The van der Waals surface area contributed by atoms with Crippen molar-refractivity contribution in [1.29, 1.82) is 0 Å². The van der Waals surface area contributed by atoms with Gasteiger partial charge in [0.05, 0.1) is 26.9 Å². The van der Waals surface area contributed by atoms with Crippen molar-refractivity contribution in [3.8, 4) is 39.9 Å². The van der Waals surface area contributed by atoms with Crippen LogP contribution in [0.25, 0.3) is 21.9 Å². The van der Waals surface area contributed by atoms with E-state index in [2.05, 4.69) is 0 Å². The summed E-state index contributed by atoms with van der Waals surface area (Å²) in [6.07, 6.45) is 0. The van der Waals surface area contributed by atoms with E-state index in [1.807, 2.05) is 24.3 Å². The molecule has 0 saturated carbocycles. The number of carbonyl (C=O) groups is 1. The van der Waals surface area contributed by atoms with E-state index >= 15 is 0 Å². The van der Waals surface area contributed by atoms with Crippen molar-refractivity contribution in [2.24, 2.45) is 0 Å². The standard InChI is InChI=1S/C22H18O7/c1-24-16-8-20-19(28-10-29-20)7-14(16)21-12-6-18(26-3)17(25-2)5-11(12)4-13-15(21)9-27-22(13)23/h4-8H,9-10H2,1-3H3. The quantitative estimate of drug-likeness (QED) is 0.621. The molecule has 0 unspecified atom stereocenters. The second-order valence-electron chi connectivity index (χ2n) is 6.69. The molecule has 0 fully saturated rings. The van der Waals surface area contributed by atoms with E-state index in [4.69, 9.17) is 28.4 Å². The van der Waals surface area contributed by atoms with Gasteiger partial charge in [-0.2, -0.15) is 0 Å². The van der Waals surface area contributed by atoms with Crippen LogP contribution in [-0.2, 0) is 11.3 Å². The lowest BCUT2D eigenvalue weighted by molar-refractivity contribution is 0.0535. The average Bonchev–Trinajstić information content (AvgIpc) is 3.36. The first-order chi connectivity index (χ1) is 14.1. The maximum absolute atomic E-state index is 12.4. The van der Waals surface area contributed by atoms with E-state index in [9.17, 15) is 4.79 Å². The Balaban J connectivity index is 1.89. The molecule has 29 heavy (non-hydrogen) atoms. The van der Waals surface area contributed by atoms with E-state index in [0.717, 1.165) is 27.5 Å². The number of esters is 1. The summed E-state index contributed by atoms with van der Waals surface area (Å²) in [5.41, 5.74) is 2.94.